The Morgan fingerprint density at radius 3 is 1.28 bits per heavy atom. The fraction of sp³-hybridized carbons (Fsp3) is 0.810. The smallest absolute Gasteiger partial charge is 0.335 e. The molecule has 6 atom stereocenters. The van der Waals surface area contributed by atoms with Crippen LogP contribution in [0.4, 0.5) is 0 Å². The molecule has 0 bridgehead atoms. The van der Waals surface area contributed by atoms with Crippen LogP contribution in [-0.4, -0.2) is 89.2 Å². The second-order valence-electron chi connectivity index (χ2n) is 21.0. The zero-order valence-corrected chi connectivity index (χ0v) is 47.8. The number of hydrogen-bond acceptors (Lipinski definition) is 11. The molecule has 0 saturated carbocycles. The first-order valence-corrected chi connectivity index (χ1v) is 30.6. The van der Waals surface area contributed by atoms with Crippen molar-refractivity contribution >= 4 is 23.9 Å². The maximum absolute atomic E-state index is 13.1. The normalized spacial score (nSPS) is 18.4. The van der Waals surface area contributed by atoms with Crippen LogP contribution >= 0.6 is 0 Å². The predicted octanol–water partition coefficient (Wildman–Crippen LogP) is 15.8. The molecule has 1 aliphatic heterocycles. The van der Waals surface area contributed by atoms with Crippen molar-refractivity contribution in [2.45, 2.75) is 314 Å². The minimum atomic E-state index is -1.90. The summed E-state index contributed by atoms with van der Waals surface area (Å²) in [5, 5.41) is 31.5. The number of aliphatic hydroxyl groups is 2. The number of hydrogen-bond donors (Lipinski definition) is 3. The van der Waals surface area contributed by atoms with Crippen LogP contribution in [0.3, 0.4) is 0 Å². The summed E-state index contributed by atoms with van der Waals surface area (Å²) in [4.78, 5) is 51.1. The van der Waals surface area contributed by atoms with Gasteiger partial charge in [0.2, 0.25) is 0 Å². The van der Waals surface area contributed by atoms with Gasteiger partial charge in [-0.2, -0.15) is 0 Å². The topological polar surface area (TPSA) is 175 Å². The summed E-state index contributed by atoms with van der Waals surface area (Å²) in [5.74, 6) is -3.13. The van der Waals surface area contributed by atoms with Gasteiger partial charge in [-0.25, -0.2) is 4.79 Å². The zero-order valence-electron chi connectivity index (χ0n) is 47.8. The number of ether oxygens (including phenoxy) is 5. The number of unbranched alkanes of at least 4 members (excludes halogenated alkanes) is 30. The molecule has 75 heavy (non-hydrogen) atoms. The number of allylic oxidation sites excluding steroid dienone is 8. The van der Waals surface area contributed by atoms with Gasteiger partial charge in [0.25, 0.3) is 0 Å². The summed E-state index contributed by atoms with van der Waals surface area (Å²) in [7, 11) is 0. The summed E-state index contributed by atoms with van der Waals surface area (Å²) in [6, 6.07) is 0. The van der Waals surface area contributed by atoms with Gasteiger partial charge in [0.05, 0.1) is 6.61 Å². The van der Waals surface area contributed by atoms with E-state index >= 15 is 0 Å². The van der Waals surface area contributed by atoms with Crippen molar-refractivity contribution in [3.8, 4) is 0 Å². The fourth-order valence-corrected chi connectivity index (χ4v) is 9.14. The van der Waals surface area contributed by atoms with Gasteiger partial charge in [-0.15, -0.1) is 0 Å². The van der Waals surface area contributed by atoms with E-state index in [9.17, 15) is 34.5 Å². The zero-order chi connectivity index (χ0) is 54.7. The molecule has 6 unspecified atom stereocenters. The predicted molar refractivity (Wildman–Crippen MR) is 303 cm³/mol. The Bertz CT molecular complexity index is 1490. The van der Waals surface area contributed by atoms with E-state index in [1.165, 1.54) is 103 Å². The van der Waals surface area contributed by atoms with Crippen LogP contribution in [0.15, 0.2) is 48.6 Å². The molecular weight excluding hydrogens is 949 g/mol. The first-order chi connectivity index (χ1) is 36.6. The van der Waals surface area contributed by atoms with Gasteiger partial charge in [0, 0.05) is 19.3 Å². The van der Waals surface area contributed by atoms with Crippen molar-refractivity contribution in [1.29, 1.82) is 0 Å². The molecule has 0 aromatic carbocycles. The Balaban J connectivity index is 2.68. The standard InChI is InChI=1S/C63H110O12/c1-4-7-10-13-16-19-22-25-27-28-30-32-34-37-40-43-46-49-55(64)71-52-54(73-56(65)50-47-44-41-38-35-31-24-21-18-15-12-9-6-3)53-72-63-61(59(68)58(67)60(75-63)62(69)70)74-57(66)51-48-45-42-39-36-33-29-26-23-20-17-14-11-8-5-2/h12,15-16,19,21,24-25,27,54,58-61,63,67-68H,4-11,13-14,17-18,20,22-23,26,28-53H2,1-3H3,(H,69,70)/b15-12-,19-16-,24-21-,27-25-. The molecule has 0 aliphatic carbocycles. The van der Waals surface area contributed by atoms with Crippen molar-refractivity contribution in [2.24, 2.45) is 0 Å². The van der Waals surface area contributed by atoms with Crippen molar-refractivity contribution in [3.05, 3.63) is 48.6 Å². The number of carbonyl (C=O) groups is 4. The van der Waals surface area contributed by atoms with Crippen molar-refractivity contribution < 1.29 is 58.2 Å². The van der Waals surface area contributed by atoms with Crippen molar-refractivity contribution in [3.63, 3.8) is 0 Å². The molecular formula is C63H110O12. The average molecular weight is 1060 g/mol. The first-order valence-electron chi connectivity index (χ1n) is 30.6. The molecule has 1 heterocycles. The number of rotatable bonds is 52. The van der Waals surface area contributed by atoms with E-state index in [0.29, 0.717) is 19.3 Å². The Morgan fingerprint density at radius 2 is 0.827 bits per heavy atom. The lowest BCUT2D eigenvalue weighted by atomic mass is 9.98. The summed E-state index contributed by atoms with van der Waals surface area (Å²) in [6.07, 6.45) is 49.3. The van der Waals surface area contributed by atoms with Crippen LogP contribution < -0.4 is 0 Å². The lowest BCUT2D eigenvalue weighted by Gasteiger charge is -2.40. The van der Waals surface area contributed by atoms with Gasteiger partial charge in [-0.3, -0.25) is 14.4 Å². The molecule has 12 nitrogen and oxygen atoms in total. The third-order valence-corrected chi connectivity index (χ3v) is 13.9. The molecule has 0 spiro atoms. The van der Waals surface area contributed by atoms with Gasteiger partial charge >= 0.3 is 23.9 Å². The lowest BCUT2D eigenvalue weighted by Crippen LogP contribution is -2.61. The highest BCUT2D eigenvalue weighted by atomic mass is 16.7. The maximum atomic E-state index is 13.1. The van der Waals surface area contributed by atoms with Gasteiger partial charge in [0.1, 0.15) is 18.8 Å². The van der Waals surface area contributed by atoms with E-state index in [4.69, 9.17) is 23.7 Å². The third kappa shape index (κ3) is 41.5. The summed E-state index contributed by atoms with van der Waals surface area (Å²) >= 11 is 0. The summed E-state index contributed by atoms with van der Waals surface area (Å²) in [6.45, 7) is 5.91. The third-order valence-electron chi connectivity index (χ3n) is 13.9. The number of aliphatic hydroxyl groups excluding tert-OH is 2. The Labute approximate surface area is 456 Å². The first kappa shape index (κ1) is 69.7. The molecule has 434 valence electrons. The SMILES string of the molecule is CCC/C=C\C/C=C\CCCCCCCC(=O)OC(COC(=O)CCCCCCCCC/C=C\C/C=C\CCCCC)COC1OC(C(=O)O)C(O)C(O)C1OC(=O)CCCCCCCCCCCCCCCCC. The minimum Gasteiger partial charge on any atom is -0.479 e. The number of carboxylic acid groups (broad SMARTS) is 1. The molecule has 1 aliphatic rings. The van der Waals surface area contributed by atoms with E-state index in [0.717, 1.165) is 116 Å². The van der Waals surface area contributed by atoms with Crippen molar-refractivity contribution in [1.82, 2.24) is 0 Å². The van der Waals surface area contributed by atoms with E-state index in [2.05, 4.69) is 69.4 Å². The number of carboxylic acids is 1. The van der Waals surface area contributed by atoms with Crippen LogP contribution in [0.2, 0.25) is 0 Å². The van der Waals surface area contributed by atoms with E-state index < -0.39 is 67.3 Å². The molecule has 1 saturated heterocycles. The number of aliphatic carboxylic acids is 1. The molecule has 12 heteroatoms. The number of carbonyl (C=O) groups excluding carboxylic acids is 3. The molecule has 3 N–H and O–H groups in total. The maximum Gasteiger partial charge on any atom is 0.335 e. The van der Waals surface area contributed by atoms with Crippen LogP contribution in [0, 0.1) is 0 Å². The molecule has 0 aromatic rings. The minimum absolute atomic E-state index is 0.0620. The fourth-order valence-electron chi connectivity index (χ4n) is 9.14. The van der Waals surface area contributed by atoms with Crippen LogP contribution in [0.5, 0.6) is 0 Å². The molecule has 0 amide bonds. The van der Waals surface area contributed by atoms with Gasteiger partial charge in [-0.05, 0) is 77.0 Å². The second-order valence-corrected chi connectivity index (χ2v) is 21.0. The molecule has 1 fully saturated rings. The lowest BCUT2D eigenvalue weighted by molar-refractivity contribution is -0.301. The molecule has 1 rings (SSSR count). The molecule has 0 aromatic heterocycles. The highest BCUT2D eigenvalue weighted by Gasteiger charge is 2.50. The van der Waals surface area contributed by atoms with E-state index in [-0.39, 0.29) is 25.9 Å². The van der Waals surface area contributed by atoms with E-state index in [1.807, 2.05) is 0 Å². The van der Waals surface area contributed by atoms with Gasteiger partial charge in [-0.1, -0.05) is 230 Å². The Morgan fingerprint density at radius 1 is 0.440 bits per heavy atom. The quantitative estimate of drug-likeness (QED) is 0.0228. The van der Waals surface area contributed by atoms with Crippen molar-refractivity contribution in [2.75, 3.05) is 13.2 Å². The van der Waals surface area contributed by atoms with E-state index in [1.54, 1.807) is 0 Å². The van der Waals surface area contributed by atoms with Gasteiger partial charge < -0.3 is 39.0 Å². The van der Waals surface area contributed by atoms with Crippen LogP contribution in [-0.2, 0) is 42.9 Å². The largest absolute Gasteiger partial charge is 0.479 e. The Kier molecular flexibility index (Phi) is 47.8. The second kappa shape index (κ2) is 51.4. The van der Waals surface area contributed by atoms with Gasteiger partial charge in [0.15, 0.2) is 24.6 Å². The summed E-state index contributed by atoms with van der Waals surface area (Å²) in [5.41, 5.74) is 0. The number of esters is 3. The highest BCUT2D eigenvalue weighted by molar-refractivity contribution is 5.74. The highest BCUT2D eigenvalue weighted by Crippen LogP contribution is 2.27. The Hall–Kier alpha value is -3.32. The monoisotopic (exact) mass is 1060 g/mol. The van der Waals surface area contributed by atoms with Crippen LogP contribution in [0.25, 0.3) is 0 Å². The average Bonchev–Trinajstić information content (AvgIpc) is 3.39. The van der Waals surface area contributed by atoms with Crippen LogP contribution in [0.1, 0.15) is 278 Å². The summed E-state index contributed by atoms with van der Waals surface area (Å²) < 4.78 is 28.4. The molecule has 0 radical (unpaired) electrons.